The summed E-state index contributed by atoms with van der Waals surface area (Å²) in [6, 6.07) is 1.99. The zero-order valence-corrected chi connectivity index (χ0v) is 7.73. The molecule has 1 fully saturated rings. The molecule has 2 aromatic rings. The zero-order valence-electron chi connectivity index (χ0n) is 6.91. The van der Waals surface area contributed by atoms with E-state index in [4.69, 9.17) is 0 Å². The predicted molar refractivity (Wildman–Crippen MR) is 52.2 cm³/mol. The van der Waals surface area contributed by atoms with Gasteiger partial charge in [-0.3, -0.25) is 4.79 Å². The Bertz CT molecular complexity index is 510. The van der Waals surface area contributed by atoms with Crippen LogP contribution in [0.15, 0.2) is 17.2 Å². The first-order valence-electron chi connectivity index (χ1n) is 4.32. The van der Waals surface area contributed by atoms with Crippen LogP contribution in [0.25, 0.3) is 10.2 Å². The smallest absolute Gasteiger partial charge is 0.259 e. The van der Waals surface area contributed by atoms with Gasteiger partial charge in [0.15, 0.2) is 0 Å². The number of rotatable bonds is 1. The van der Waals surface area contributed by atoms with Gasteiger partial charge in [-0.15, -0.1) is 11.3 Å². The van der Waals surface area contributed by atoms with Crippen molar-refractivity contribution in [1.82, 2.24) is 9.97 Å². The highest BCUT2D eigenvalue weighted by molar-refractivity contribution is 7.18. The summed E-state index contributed by atoms with van der Waals surface area (Å²) < 4.78 is 0. The highest BCUT2D eigenvalue weighted by Crippen LogP contribution is 2.43. The Morgan fingerprint density at radius 2 is 2.38 bits per heavy atom. The quantitative estimate of drug-likeness (QED) is 0.749. The van der Waals surface area contributed by atoms with Crippen LogP contribution >= 0.6 is 11.3 Å². The van der Waals surface area contributed by atoms with Gasteiger partial charge in [-0.2, -0.15) is 0 Å². The van der Waals surface area contributed by atoms with E-state index in [1.165, 1.54) is 24.0 Å². The number of fused-ring (bicyclic) bond motifs is 1. The van der Waals surface area contributed by atoms with E-state index < -0.39 is 0 Å². The number of H-pyrrole nitrogens is 1. The molecule has 3 rings (SSSR count). The minimum Gasteiger partial charge on any atom is -0.313 e. The molecular formula is C9H8N2OS. The van der Waals surface area contributed by atoms with Crippen molar-refractivity contribution in [3.63, 3.8) is 0 Å². The number of aromatic amines is 1. The number of thiophene rings is 1. The molecule has 3 nitrogen and oxygen atoms in total. The van der Waals surface area contributed by atoms with Gasteiger partial charge in [-0.05, 0) is 24.8 Å². The van der Waals surface area contributed by atoms with E-state index in [2.05, 4.69) is 9.97 Å². The Morgan fingerprint density at radius 1 is 1.54 bits per heavy atom. The minimum absolute atomic E-state index is 0.0202. The van der Waals surface area contributed by atoms with E-state index in [-0.39, 0.29) is 5.56 Å². The molecule has 2 aromatic heterocycles. The standard InChI is InChI=1S/C9H8N2OS/c12-8-6-3-7(5-1-2-5)13-9(6)11-4-10-8/h3-5H,1-2H2,(H,10,11,12). The first-order chi connectivity index (χ1) is 6.34. The number of hydrogen-bond donors (Lipinski definition) is 1. The summed E-state index contributed by atoms with van der Waals surface area (Å²) in [5.41, 5.74) is -0.0202. The van der Waals surface area contributed by atoms with Crippen LogP contribution in [0.2, 0.25) is 0 Å². The molecule has 13 heavy (non-hydrogen) atoms. The molecule has 0 amide bonds. The van der Waals surface area contributed by atoms with Crippen molar-refractivity contribution in [3.8, 4) is 0 Å². The van der Waals surface area contributed by atoms with E-state index in [1.807, 2.05) is 6.07 Å². The fraction of sp³-hybridized carbons (Fsp3) is 0.333. The fourth-order valence-electron chi connectivity index (χ4n) is 1.45. The Morgan fingerprint density at radius 3 is 3.08 bits per heavy atom. The molecule has 1 N–H and O–H groups in total. The zero-order chi connectivity index (χ0) is 8.84. The second-order valence-electron chi connectivity index (χ2n) is 3.37. The van der Waals surface area contributed by atoms with E-state index >= 15 is 0 Å². The number of nitrogens with zero attached hydrogens (tertiary/aromatic N) is 1. The molecule has 0 saturated heterocycles. The van der Waals surface area contributed by atoms with Crippen LogP contribution in [-0.2, 0) is 0 Å². The third-order valence-electron chi connectivity index (χ3n) is 2.33. The van der Waals surface area contributed by atoms with Crippen molar-refractivity contribution < 1.29 is 0 Å². The Labute approximate surface area is 78.4 Å². The van der Waals surface area contributed by atoms with E-state index in [0.717, 1.165) is 10.2 Å². The molecule has 66 valence electrons. The van der Waals surface area contributed by atoms with Crippen molar-refractivity contribution in [2.75, 3.05) is 0 Å². The van der Waals surface area contributed by atoms with Crippen LogP contribution < -0.4 is 5.56 Å². The van der Waals surface area contributed by atoms with Crippen molar-refractivity contribution in [3.05, 3.63) is 27.6 Å². The molecule has 0 unspecified atom stereocenters. The Kier molecular flexibility index (Phi) is 1.35. The van der Waals surface area contributed by atoms with E-state index in [1.54, 1.807) is 11.3 Å². The lowest BCUT2D eigenvalue weighted by Crippen LogP contribution is -2.03. The van der Waals surface area contributed by atoms with Gasteiger partial charge in [-0.25, -0.2) is 4.98 Å². The molecule has 2 heterocycles. The van der Waals surface area contributed by atoms with E-state index in [0.29, 0.717) is 5.92 Å². The molecule has 0 bridgehead atoms. The predicted octanol–water partition coefficient (Wildman–Crippen LogP) is 1.86. The molecule has 4 heteroatoms. The van der Waals surface area contributed by atoms with Gasteiger partial charge in [0.1, 0.15) is 4.83 Å². The first kappa shape index (κ1) is 7.26. The van der Waals surface area contributed by atoms with Crippen LogP contribution in [0, 0.1) is 0 Å². The maximum absolute atomic E-state index is 11.3. The summed E-state index contributed by atoms with van der Waals surface area (Å²) in [4.78, 5) is 20.3. The van der Waals surface area contributed by atoms with Crippen molar-refractivity contribution in [2.24, 2.45) is 0 Å². The lowest BCUT2D eigenvalue weighted by molar-refractivity contribution is 1.17. The van der Waals surface area contributed by atoms with Gasteiger partial charge in [0, 0.05) is 4.88 Å². The number of aromatic nitrogens is 2. The summed E-state index contributed by atoms with van der Waals surface area (Å²) >= 11 is 1.65. The second-order valence-corrected chi connectivity index (χ2v) is 4.44. The number of hydrogen-bond acceptors (Lipinski definition) is 3. The van der Waals surface area contributed by atoms with Crippen LogP contribution in [0.4, 0.5) is 0 Å². The average molecular weight is 192 g/mol. The van der Waals surface area contributed by atoms with Crippen molar-refractivity contribution in [1.29, 1.82) is 0 Å². The SMILES string of the molecule is O=c1[nH]cnc2sc(C3CC3)cc12. The Balaban J connectivity index is 2.32. The molecule has 0 spiro atoms. The normalized spacial score (nSPS) is 16.6. The molecule has 1 aliphatic rings. The van der Waals surface area contributed by atoms with Gasteiger partial charge < -0.3 is 4.98 Å². The van der Waals surface area contributed by atoms with Gasteiger partial charge in [0.2, 0.25) is 0 Å². The average Bonchev–Trinajstić information content (AvgIpc) is 2.87. The summed E-state index contributed by atoms with van der Waals surface area (Å²) in [5.74, 6) is 0.707. The molecular weight excluding hydrogens is 184 g/mol. The summed E-state index contributed by atoms with van der Waals surface area (Å²) in [6.45, 7) is 0. The van der Waals surface area contributed by atoms with E-state index in [9.17, 15) is 4.79 Å². The lowest BCUT2D eigenvalue weighted by atomic mass is 10.3. The maximum atomic E-state index is 11.3. The molecule has 0 atom stereocenters. The molecule has 0 aromatic carbocycles. The van der Waals surface area contributed by atoms with Crippen LogP contribution in [0.3, 0.4) is 0 Å². The van der Waals surface area contributed by atoms with Gasteiger partial charge in [0.25, 0.3) is 5.56 Å². The minimum atomic E-state index is -0.0202. The molecule has 1 saturated carbocycles. The van der Waals surface area contributed by atoms with Crippen LogP contribution in [0.5, 0.6) is 0 Å². The van der Waals surface area contributed by atoms with Gasteiger partial charge >= 0.3 is 0 Å². The molecule has 0 aliphatic heterocycles. The van der Waals surface area contributed by atoms with Crippen LogP contribution in [0.1, 0.15) is 23.6 Å². The van der Waals surface area contributed by atoms with Crippen LogP contribution in [-0.4, -0.2) is 9.97 Å². The topological polar surface area (TPSA) is 45.8 Å². The summed E-state index contributed by atoms with van der Waals surface area (Å²) in [7, 11) is 0. The monoisotopic (exact) mass is 192 g/mol. The second kappa shape index (κ2) is 2.42. The molecule has 0 radical (unpaired) electrons. The van der Waals surface area contributed by atoms with Crippen molar-refractivity contribution in [2.45, 2.75) is 18.8 Å². The highest BCUT2D eigenvalue weighted by Gasteiger charge is 2.25. The Hall–Kier alpha value is -1.16. The van der Waals surface area contributed by atoms with Gasteiger partial charge in [-0.1, -0.05) is 0 Å². The summed E-state index contributed by atoms with van der Waals surface area (Å²) in [5, 5.41) is 0.745. The number of nitrogens with one attached hydrogen (secondary N) is 1. The summed E-state index contributed by atoms with van der Waals surface area (Å²) in [6.07, 6.45) is 4.01. The van der Waals surface area contributed by atoms with Crippen molar-refractivity contribution >= 4 is 21.6 Å². The third-order valence-corrected chi connectivity index (χ3v) is 3.54. The fourth-order valence-corrected chi connectivity index (χ4v) is 2.62. The largest absolute Gasteiger partial charge is 0.313 e. The molecule has 1 aliphatic carbocycles. The third kappa shape index (κ3) is 1.09. The highest BCUT2D eigenvalue weighted by atomic mass is 32.1. The first-order valence-corrected chi connectivity index (χ1v) is 5.13. The maximum Gasteiger partial charge on any atom is 0.259 e. The van der Waals surface area contributed by atoms with Gasteiger partial charge in [0.05, 0.1) is 11.7 Å². The lowest BCUT2D eigenvalue weighted by Gasteiger charge is -1.82.